The summed E-state index contributed by atoms with van der Waals surface area (Å²) >= 11 is 5.98. The fourth-order valence-corrected chi connectivity index (χ4v) is 4.79. The van der Waals surface area contributed by atoms with Gasteiger partial charge in [-0.3, -0.25) is 14.4 Å². The number of Topliss-reactive ketones (excluding diaryl/α,β-unsaturated/α-hetero) is 1. The minimum absolute atomic E-state index is 0.0134. The highest BCUT2D eigenvalue weighted by Gasteiger charge is 2.36. The van der Waals surface area contributed by atoms with E-state index in [9.17, 15) is 22.8 Å². The molecule has 0 saturated carbocycles. The molecule has 1 aliphatic rings. The number of esters is 1. The Morgan fingerprint density at radius 2 is 1.72 bits per heavy atom. The lowest BCUT2D eigenvalue weighted by molar-refractivity contribution is -0.147. The summed E-state index contributed by atoms with van der Waals surface area (Å²) in [6.07, 6.45) is -0.0268. The van der Waals surface area contributed by atoms with Gasteiger partial charge in [-0.15, -0.1) is 0 Å². The molecule has 0 aromatic heterocycles. The summed E-state index contributed by atoms with van der Waals surface area (Å²) in [7, 11) is -4.02. The van der Waals surface area contributed by atoms with Gasteiger partial charge in [0.15, 0.2) is 12.4 Å². The van der Waals surface area contributed by atoms with E-state index >= 15 is 0 Å². The zero-order valence-corrected chi connectivity index (χ0v) is 20.8. The molecule has 1 fully saturated rings. The third-order valence-electron chi connectivity index (χ3n) is 5.62. The molecule has 3 aromatic carbocycles. The van der Waals surface area contributed by atoms with Crippen LogP contribution >= 0.6 is 11.6 Å². The van der Waals surface area contributed by atoms with Gasteiger partial charge in [0, 0.05) is 29.2 Å². The first kappa shape index (κ1) is 25.4. The van der Waals surface area contributed by atoms with Gasteiger partial charge in [0.05, 0.1) is 5.92 Å². The van der Waals surface area contributed by atoms with Gasteiger partial charge >= 0.3 is 16.1 Å². The molecule has 186 valence electrons. The zero-order valence-electron chi connectivity index (χ0n) is 19.2. The van der Waals surface area contributed by atoms with E-state index in [2.05, 4.69) is 0 Å². The van der Waals surface area contributed by atoms with Crippen molar-refractivity contribution in [1.29, 1.82) is 0 Å². The van der Waals surface area contributed by atoms with Crippen molar-refractivity contribution in [2.45, 2.75) is 18.2 Å². The smallest absolute Gasteiger partial charge is 0.339 e. The zero-order chi connectivity index (χ0) is 25.9. The normalized spacial score (nSPS) is 15.6. The van der Waals surface area contributed by atoms with Gasteiger partial charge in [0.1, 0.15) is 10.6 Å². The predicted molar refractivity (Wildman–Crippen MR) is 133 cm³/mol. The molecule has 0 radical (unpaired) electrons. The van der Waals surface area contributed by atoms with Crippen LogP contribution in [0.25, 0.3) is 0 Å². The predicted octanol–water partition coefficient (Wildman–Crippen LogP) is 4.20. The molecule has 1 heterocycles. The second-order valence-electron chi connectivity index (χ2n) is 8.29. The van der Waals surface area contributed by atoms with Crippen LogP contribution in [0.15, 0.2) is 77.7 Å². The monoisotopic (exact) mass is 527 g/mol. The molecule has 1 aliphatic heterocycles. The number of aryl methyl sites for hydroxylation is 1. The van der Waals surface area contributed by atoms with Crippen molar-refractivity contribution in [3.8, 4) is 5.75 Å². The SMILES string of the molecule is Cc1ccc(S(=O)(=O)Oc2ccc(C(=O)COC(=O)C3CC(=O)N(c4cccc(Cl)c4)C3)cc2)cc1. The molecule has 1 unspecified atom stereocenters. The Hall–Kier alpha value is -3.69. The van der Waals surface area contributed by atoms with E-state index in [0.29, 0.717) is 10.7 Å². The summed E-state index contributed by atoms with van der Waals surface area (Å²) in [4.78, 5) is 38.8. The molecule has 4 rings (SSSR count). The van der Waals surface area contributed by atoms with Gasteiger partial charge in [-0.2, -0.15) is 8.42 Å². The molecule has 0 spiro atoms. The third kappa shape index (κ3) is 5.92. The molecule has 8 nitrogen and oxygen atoms in total. The van der Waals surface area contributed by atoms with Crippen molar-refractivity contribution in [2.24, 2.45) is 5.92 Å². The van der Waals surface area contributed by atoms with Crippen LogP contribution in [-0.4, -0.2) is 39.2 Å². The molecule has 1 amide bonds. The number of carbonyl (C=O) groups excluding carboxylic acids is 3. The molecule has 10 heteroatoms. The average Bonchev–Trinajstić information content (AvgIpc) is 3.24. The molecular weight excluding hydrogens is 506 g/mol. The fraction of sp³-hybridized carbons (Fsp3) is 0.192. The molecule has 3 aromatic rings. The maximum Gasteiger partial charge on any atom is 0.339 e. The molecule has 0 bridgehead atoms. The number of halogens is 1. The van der Waals surface area contributed by atoms with Crippen molar-refractivity contribution in [3.05, 3.63) is 88.9 Å². The maximum atomic E-state index is 12.5. The largest absolute Gasteiger partial charge is 0.457 e. The number of carbonyl (C=O) groups is 3. The Balaban J connectivity index is 1.31. The number of ether oxygens (including phenoxy) is 1. The van der Waals surface area contributed by atoms with Crippen LogP contribution < -0.4 is 9.08 Å². The lowest BCUT2D eigenvalue weighted by Gasteiger charge is -2.16. The first-order valence-corrected chi connectivity index (χ1v) is 12.8. The Morgan fingerprint density at radius 3 is 2.39 bits per heavy atom. The van der Waals surface area contributed by atoms with E-state index in [-0.39, 0.29) is 35.1 Å². The van der Waals surface area contributed by atoms with Gasteiger partial charge < -0.3 is 13.8 Å². The highest BCUT2D eigenvalue weighted by Crippen LogP contribution is 2.28. The molecule has 1 atom stereocenters. The fourth-order valence-electron chi connectivity index (χ4n) is 3.67. The number of hydrogen-bond donors (Lipinski definition) is 0. The summed E-state index contributed by atoms with van der Waals surface area (Å²) in [5.74, 6) is -2.03. The summed E-state index contributed by atoms with van der Waals surface area (Å²) in [6.45, 7) is 1.46. The standard InChI is InChI=1S/C26H22ClNO7S/c1-17-5-11-23(12-6-17)36(32,33)35-22-9-7-18(8-10-22)24(29)16-34-26(31)19-13-25(30)28(15-19)21-4-2-3-20(27)14-21/h2-12,14,19H,13,15-16H2,1H3. The molecular formula is C26H22ClNO7S. The van der Waals surface area contributed by atoms with Gasteiger partial charge in [-0.1, -0.05) is 35.4 Å². The number of rotatable bonds is 8. The van der Waals surface area contributed by atoms with Crippen molar-refractivity contribution in [3.63, 3.8) is 0 Å². The summed E-state index contributed by atoms with van der Waals surface area (Å²) in [6, 6.07) is 18.4. The Kier molecular flexibility index (Phi) is 7.42. The summed E-state index contributed by atoms with van der Waals surface area (Å²) in [5, 5.41) is 0.473. The first-order valence-electron chi connectivity index (χ1n) is 11.0. The van der Waals surface area contributed by atoms with E-state index in [1.54, 1.807) is 36.4 Å². The number of anilines is 1. The van der Waals surface area contributed by atoms with Crippen LogP contribution in [0.1, 0.15) is 22.3 Å². The number of ketones is 1. The third-order valence-corrected chi connectivity index (χ3v) is 7.11. The van der Waals surface area contributed by atoms with E-state index in [4.69, 9.17) is 20.5 Å². The van der Waals surface area contributed by atoms with E-state index in [0.717, 1.165) is 5.56 Å². The number of amides is 1. The van der Waals surface area contributed by atoms with E-state index in [1.165, 1.54) is 41.3 Å². The Labute approximate surface area is 213 Å². The second-order valence-corrected chi connectivity index (χ2v) is 10.3. The van der Waals surface area contributed by atoms with Crippen LogP contribution in [0.4, 0.5) is 5.69 Å². The number of benzene rings is 3. The lowest BCUT2D eigenvalue weighted by atomic mass is 10.1. The minimum Gasteiger partial charge on any atom is -0.457 e. The summed E-state index contributed by atoms with van der Waals surface area (Å²) < 4.78 is 35.1. The average molecular weight is 528 g/mol. The molecule has 0 N–H and O–H groups in total. The minimum atomic E-state index is -4.02. The number of hydrogen-bond acceptors (Lipinski definition) is 7. The van der Waals surface area contributed by atoms with Crippen LogP contribution in [0.5, 0.6) is 5.75 Å². The van der Waals surface area contributed by atoms with Crippen LogP contribution in [-0.2, 0) is 24.4 Å². The van der Waals surface area contributed by atoms with Crippen molar-refractivity contribution in [2.75, 3.05) is 18.1 Å². The number of nitrogens with zero attached hydrogens (tertiary/aromatic N) is 1. The quantitative estimate of drug-likeness (QED) is 0.245. The van der Waals surface area contributed by atoms with Gasteiger partial charge in [-0.25, -0.2) is 0 Å². The van der Waals surface area contributed by atoms with E-state index < -0.39 is 34.4 Å². The lowest BCUT2D eigenvalue weighted by Crippen LogP contribution is -2.27. The Bertz CT molecular complexity index is 1400. The molecule has 1 saturated heterocycles. The van der Waals surface area contributed by atoms with Crippen LogP contribution in [0.2, 0.25) is 5.02 Å². The van der Waals surface area contributed by atoms with Crippen molar-refractivity contribution in [1.82, 2.24) is 0 Å². The van der Waals surface area contributed by atoms with Crippen LogP contribution in [0, 0.1) is 12.8 Å². The highest BCUT2D eigenvalue weighted by molar-refractivity contribution is 7.87. The van der Waals surface area contributed by atoms with Crippen LogP contribution in [0.3, 0.4) is 0 Å². The van der Waals surface area contributed by atoms with Crippen molar-refractivity contribution >= 4 is 45.1 Å². The van der Waals surface area contributed by atoms with Gasteiger partial charge in [-0.05, 0) is 61.5 Å². The Morgan fingerprint density at radius 1 is 1.03 bits per heavy atom. The van der Waals surface area contributed by atoms with Crippen molar-refractivity contribution < 1.29 is 31.7 Å². The first-order chi connectivity index (χ1) is 17.1. The highest BCUT2D eigenvalue weighted by atomic mass is 35.5. The second kappa shape index (κ2) is 10.5. The van der Waals surface area contributed by atoms with E-state index in [1.807, 2.05) is 6.92 Å². The topological polar surface area (TPSA) is 107 Å². The maximum absolute atomic E-state index is 12.5. The summed E-state index contributed by atoms with van der Waals surface area (Å²) in [5.41, 5.74) is 1.71. The van der Waals surface area contributed by atoms with Gasteiger partial charge in [0.25, 0.3) is 0 Å². The molecule has 36 heavy (non-hydrogen) atoms. The van der Waals surface area contributed by atoms with Gasteiger partial charge in [0.2, 0.25) is 5.91 Å². The molecule has 0 aliphatic carbocycles.